The molecule has 0 aliphatic carbocycles. The number of carboxylic acid groups (broad SMARTS) is 1. The van der Waals surface area contributed by atoms with Crippen LogP contribution in [0, 0.1) is 6.92 Å². The maximum atomic E-state index is 11.2. The molecule has 1 unspecified atom stereocenters. The van der Waals surface area contributed by atoms with Crippen LogP contribution < -0.4 is 5.32 Å². The number of amides is 1. The Bertz CT molecular complexity index is 945. The normalized spacial score (nSPS) is 15.9. The molecule has 0 radical (unpaired) electrons. The predicted molar refractivity (Wildman–Crippen MR) is 90.0 cm³/mol. The molecular weight excluding hydrogens is 326 g/mol. The second-order valence-electron chi connectivity index (χ2n) is 5.27. The largest absolute Gasteiger partial charge is 0.465 e. The molecule has 2 aromatic heterocycles. The van der Waals surface area contributed by atoms with E-state index in [1.807, 2.05) is 53.3 Å². The van der Waals surface area contributed by atoms with Crippen LogP contribution in [0.1, 0.15) is 28.3 Å². The van der Waals surface area contributed by atoms with Crippen molar-refractivity contribution in [1.82, 2.24) is 20.1 Å². The highest BCUT2D eigenvalue weighted by molar-refractivity contribution is 7.12. The molecular formula is C16H13N5O2S. The van der Waals surface area contributed by atoms with Crippen molar-refractivity contribution in [2.45, 2.75) is 13.1 Å². The van der Waals surface area contributed by atoms with E-state index in [9.17, 15) is 9.90 Å². The smallest absolute Gasteiger partial charge is 0.406 e. The second kappa shape index (κ2) is 5.57. The first kappa shape index (κ1) is 14.6. The third kappa shape index (κ3) is 2.28. The second-order valence-corrected chi connectivity index (χ2v) is 6.19. The SMILES string of the molecule is Cc1nnc2n1-c1ccsc1C(c1ccccc1)=NC2NC(=O)O. The number of rotatable bonds is 2. The molecule has 0 fully saturated rings. The standard InChI is InChI=1S/C16H13N5O2S/c1-9-19-20-15-14(18-16(22)23)17-12(10-5-3-2-4-6-10)13-11(21(9)15)7-8-24-13/h2-8,14,18H,1H3,(H,22,23). The van der Waals surface area contributed by atoms with Gasteiger partial charge < -0.3 is 5.11 Å². The van der Waals surface area contributed by atoms with Crippen LogP contribution in [0.15, 0.2) is 46.8 Å². The van der Waals surface area contributed by atoms with Gasteiger partial charge in [0.2, 0.25) is 0 Å². The molecule has 1 atom stereocenters. The Hall–Kier alpha value is -3.00. The monoisotopic (exact) mass is 339 g/mol. The van der Waals surface area contributed by atoms with Crippen LogP contribution in [0.25, 0.3) is 5.69 Å². The topological polar surface area (TPSA) is 92.4 Å². The molecule has 120 valence electrons. The molecule has 1 aromatic carbocycles. The van der Waals surface area contributed by atoms with Crippen molar-refractivity contribution in [2.75, 3.05) is 0 Å². The fourth-order valence-electron chi connectivity index (χ4n) is 2.77. The number of hydrogen-bond acceptors (Lipinski definition) is 5. The number of nitrogens with one attached hydrogen (secondary N) is 1. The molecule has 4 rings (SSSR count). The lowest BCUT2D eigenvalue weighted by atomic mass is 10.1. The first-order valence-electron chi connectivity index (χ1n) is 7.28. The fourth-order valence-corrected chi connectivity index (χ4v) is 3.67. The Morgan fingerprint density at radius 1 is 1.25 bits per heavy atom. The number of aryl methyl sites for hydroxylation is 1. The average Bonchev–Trinajstić information content (AvgIpc) is 3.15. The molecule has 0 bridgehead atoms. The number of nitrogens with zero attached hydrogens (tertiary/aromatic N) is 4. The van der Waals surface area contributed by atoms with E-state index in [2.05, 4.69) is 20.5 Å². The lowest BCUT2D eigenvalue weighted by Gasteiger charge is -2.11. The van der Waals surface area contributed by atoms with Crippen LogP contribution in [0.5, 0.6) is 0 Å². The van der Waals surface area contributed by atoms with E-state index >= 15 is 0 Å². The lowest BCUT2D eigenvalue weighted by Crippen LogP contribution is -2.27. The fraction of sp³-hybridized carbons (Fsp3) is 0.125. The minimum Gasteiger partial charge on any atom is -0.465 e. The summed E-state index contributed by atoms with van der Waals surface area (Å²) < 4.78 is 1.85. The molecule has 1 amide bonds. The van der Waals surface area contributed by atoms with Crippen LogP contribution in [-0.4, -0.2) is 31.7 Å². The number of aliphatic imine (C=N–C) groups is 1. The van der Waals surface area contributed by atoms with Crippen LogP contribution in [0.3, 0.4) is 0 Å². The van der Waals surface area contributed by atoms with Crippen molar-refractivity contribution in [3.05, 3.63) is 63.9 Å². The Morgan fingerprint density at radius 3 is 2.79 bits per heavy atom. The molecule has 1 aliphatic heterocycles. The molecule has 1 aliphatic rings. The van der Waals surface area contributed by atoms with Crippen LogP contribution in [0.2, 0.25) is 0 Å². The van der Waals surface area contributed by atoms with Crippen LogP contribution in [0.4, 0.5) is 4.79 Å². The number of aromatic nitrogens is 3. The third-order valence-electron chi connectivity index (χ3n) is 3.76. The van der Waals surface area contributed by atoms with E-state index in [1.165, 1.54) is 0 Å². The van der Waals surface area contributed by atoms with Crippen molar-refractivity contribution < 1.29 is 9.90 Å². The van der Waals surface area contributed by atoms with Gasteiger partial charge in [-0.2, -0.15) is 0 Å². The van der Waals surface area contributed by atoms with E-state index in [-0.39, 0.29) is 0 Å². The first-order chi connectivity index (χ1) is 11.6. The summed E-state index contributed by atoms with van der Waals surface area (Å²) in [6.45, 7) is 1.84. The van der Waals surface area contributed by atoms with Gasteiger partial charge in [0.25, 0.3) is 0 Å². The maximum absolute atomic E-state index is 11.2. The minimum absolute atomic E-state index is 0.459. The van der Waals surface area contributed by atoms with Gasteiger partial charge in [-0.15, -0.1) is 21.5 Å². The van der Waals surface area contributed by atoms with Gasteiger partial charge in [-0.1, -0.05) is 30.3 Å². The summed E-state index contributed by atoms with van der Waals surface area (Å²) in [5.74, 6) is 1.15. The number of fused-ring (bicyclic) bond motifs is 3. The zero-order chi connectivity index (χ0) is 16.7. The maximum Gasteiger partial charge on any atom is 0.406 e. The average molecular weight is 339 g/mol. The van der Waals surface area contributed by atoms with Crippen molar-refractivity contribution >= 4 is 23.1 Å². The van der Waals surface area contributed by atoms with Gasteiger partial charge in [-0.25, -0.2) is 4.79 Å². The summed E-state index contributed by atoms with van der Waals surface area (Å²) in [5, 5.41) is 21.8. The summed E-state index contributed by atoms with van der Waals surface area (Å²) in [6.07, 6.45) is -1.98. The molecule has 3 heterocycles. The van der Waals surface area contributed by atoms with Crippen LogP contribution >= 0.6 is 11.3 Å². The summed E-state index contributed by atoms with van der Waals surface area (Å²) in [7, 11) is 0. The van der Waals surface area contributed by atoms with Crippen molar-refractivity contribution in [3.8, 4) is 5.69 Å². The number of thiophene rings is 1. The number of hydrogen-bond donors (Lipinski definition) is 2. The molecule has 2 N–H and O–H groups in total. The van der Waals surface area contributed by atoms with Gasteiger partial charge in [0, 0.05) is 5.56 Å². The van der Waals surface area contributed by atoms with Gasteiger partial charge in [0.1, 0.15) is 5.82 Å². The van der Waals surface area contributed by atoms with Gasteiger partial charge in [0.15, 0.2) is 12.0 Å². The molecule has 0 saturated carbocycles. The quantitative estimate of drug-likeness (QED) is 0.751. The van der Waals surface area contributed by atoms with Crippen LogP contribution in [-0.2, 0) is 0 Å². The van der Waals surface area contributed by atoms with E-state index < -0.39 is 12.3 Å². The van der Waals surface area contributed by atoms with E-state index in [4.69, 9.17) is 0 Å². The Labute approximate surface area is 141 Å². The summed E-state index contributed by atoms with van der Waals surface area (Å²) in [4.78, 5) is 16.8. The first-order valence-corrected chi connectivity index (χ1v) is 8.16. The molecule has 24 heavy (non-hydrogen) atoms. The van der Waals surface area contributed by atoms with Crippen molar-refractivity contribution in [2.24, 2.45) is 4.99 Å². The van der Waals surface area contributed by atoms with Gasteiger partial charge in [-0.3, -0.25) is 14.9 Å². The lowest BCUT2D eigenvalue weighted by molar-refractivity contribution is 0.189. The van der Waals surface area contributed by atoms with Crippen molar-refractivity contribution in [3.63, 3.8) is 0 Å². The molecule has 0 saturated heterocycles. The van der Waals surface area contributed by atoms with Gasteiger partial charge >= 0.3 is 6.09 Å². The van der Waals surface area contributed by atoms with E-state index in [1.54, 1.807) is 11.3 Å². The Balaban J connectivity index is 1.98. The third-order valence-corrected chi connectivity index (χ3v) is 4.67. The highest BCUT2D eigenvalue weighted by atomic mass is 32.1. The molecule has 3 aromatic rings. The summed E-state index contributed by atoms with van der Waals surface area (Å²) in [5.41, 5.74) is 2.58. The molecule has 7 nitrogen and oxygen atoms in total. The zero-order valence-electron chi connectivity index (χ0n) is 12.7. The molecule has 0 spiro atoms. The van der Waals surface area contributed by atoms with Gasteiger partial charge in [0.05, 0.1) is 16.3 Å². The molecule has 8 heteroatoms. The number of carbonyl (C=O) groups is 1. The van der Waals surface area contributed by atoms with E-state index in [0.29, 0.717) is 11.6 Å². The Kier molecular flexibility index (Phi) is 3.39. The predicted octanol–water partition coefficient (Wildman–Crippen LogP) is 2.75. The number of benzene rings is 1. The minimum atomic E-state index is -1.16. The summed E-state index contributed by atoms with van der Waals surface area (Å²) >= 11 is 1.56. The van der Waals surface area contributed by atoms with Gasteiger partial charge in [-0.05, 0) is 18.4 Å². The highest BCUT2D eigenvalue weighted by Gasteiger charge is 2.29. The van der Waals surface area contributed by atoms with E-state index in [0.717, 1.165) is 21.8 Å². The Morgan fingerprint density at radius 2 is 2.04 bits per heavy atom. The van der Waals surface area contributed by atoms with Crippen molar-refractivity contribution in [1.29, 1.82) is 0 Å². The summed E-state index contributed by atoms with van der Waals surface area (Å²) in [6, 6.07) is 11.7. The zero-order valence-corrected chi connectivity index (χ0v) is 13.5. The highest BCUT2D eigenvalue weighted by Crippen LogP contribution is 2.32.